The van der Waals surface area contributed by atoms with E-state index in [1.54, 1.807) is 6.20 Å². The third kappa shape index (κ3) is 3.23. The molecule has 3 heteroatoms. The minimum Gasteiger partial charge on any atom is -0.471 e. The molecule has 72 valence electrons. The summed E-state index contributed by atoms with van der Waals surface area (Å²) >= 11 is 5.95. The molecule has 13 heavy (non-hydrogen) atoms. The summed E-state index contributed by atoms with van der Waals surface area (Å²) in [6.07, 6.45) is 1.74. The van der Waals surface area contributed by atoms with Crippen LogP contribution in [-0.2, 0) is 0 Å². The van der Waals surface area contributed by atoms with Crippen molar-refractivity contribution in [1.29, 1.82) is 0 Å². The molecule has 1 aromatic heterocycles. The van der Waals surface area contributed by atoms with Crippen LogP contribution >= 0.6 is 11.6 Å². The molecule has 0 aliphatic carbocycles. The highest BCUT2D eigenvalue weighted by atomic mass is 35.5. The quantitative estimate of drug-likeness (QED) is 0.693. The van der Waals surface area contributed by atoms with Crippen LogP contribution in [0.1, 0.15) is 26.3 Å². The SMILES string of the molecule is Cc1cnc(OC(C)(C)C)c(Cl)c1. The summed E-state index contributed by atoms with van der Waals surface area (Å²) < 4.78 is 5.54. The Kier molecular flexibility index (Phi) is 2.81. The zero-order valence-corrected chi connectivity index (χ0v) is 9.14. The van der Waals surface area contributed by atoms with Gasteiger partial charge in [0, 0.05) is 6.20 Å². The fraction of sp³-hybridized carbons (Fsp3) is 0.500. The molecule has 0 radical (unpaired) electrons. The molecule has 0 bridgehead atoms. The van der Waals surface area contributed by atoms with Crippen LogP contribution in [0.25, 0.3) is 0 Å². The molecule has 0 unspecified atom stereocenters. The molecule has 0 atom stereocenters. The summed E-state index contributed by atoms with van der Waals surface area (Å²) in [6.45, 7) is 7.83. The van der Waals surface area contributed by atoms with Crippen molar-refractivity contribution in [1.82, 2.24) is 4.98 Å². The maximum atomic E-state index is 5.95. The van der Waals surface area contributed by atoms with Gasteiger partial charge in [0.2, 0.25) is 5.88 Å². The molecule has 0 amide bonds. The molecule has 0 aliphatic heterocycles. The normalized spacial score (nSPS) is 11.5. The Hall–Kier alpha value is -0.760. The Morgan fingerprint density at radius 1 is 1.38 bits per heavy atom. The number of hydrogen-bond acceptors (Lipinski definition) is 2. The molecule has 0 spiro atoms. The first-order valence-electron chi connectivity index (χ1n) is 4.20. The number of aromatic nitrogens is 1. The molecular formula is C10H14ClNO. The van der Waals surface area contributed by atoms with Gasteiger partial charge >= 0.3 is 0 Å². The molecular weight excluding hydrogens is 186 g/mol. The lowest BCUT2D eigenvalue weighted by atomic mass is 10.2. The first-order chi connectivity index (χ1) is 5.88. The first kappa shape index (κ1) is 10.3. The summed E-state index contributed by atoms with van der Waals surface area (Å²) in [5, 5.41) is 0.565. The predicted molar refractivity (Wildman–Crippen MR) is 54.4 cm³/mol. The van der Waals surface area contributed by atoms with Crippen LogP contribution in [0.2, 0.25) is 5.02 Å². The summed E-state index contributed by atoms with van der Waals surface area (Å²) in [4.78, 5) is 4.11. The van der Waals surface area contributed by atoms with E-state index in [0.29, 0.717) is 10.9 Å². The van der Waals surface area contributed by atoms with E-state index in [1.807, 2.05) is 33.8 Å². The topological polar surface area (TPSA) is 22.1 Å². The van der Waals surface area contributed by atoms with Crippen LogP contribution in [-0.4, -0.2) is 10.6 Å². The van der Waals surface area contributed by atoms with E-state index in [9.17, 15) is 0 Å². The highest BCUT2D eigenvalue weighted by Crippen LogP contribution is 2.25. The van der Waals surface area contributed by atoms with Crippen LogP contribution in [0, 0.1) is 6.92 Å². The Balaban J connectivity index is 2.90. The van der Waals surface area contributed by atoms with E-state index in [-0.39, 0.29) is 5.60 Å². The van der Waals surface area contributed by atoms with Crippen molar-refractivity contribution in [3.63, 3.8) is 0 Å². The van der Waals surface area contributed by atoms with Crippen molar-refractivity contribution in [2.75, 3.05) is 0 Å². The number of nitrogens with zero attached hydrogens (tertiary/aromatic N) is 1. The zero-order valence-electron chi connectivity index (χ0n) is 8.39. The number of aryl methyl sites for hydroxylation is 1. The number of ether oxygens (including phenoxy) is 1. The molecule has 0 fully saturated rings. The largest absolute Gasteiger partial charge is 0.471 e. The van der Waals surface area contributed by atoms with E-state index < -0.39 is 0 Å². The number of rotatable bonds is 1. The van der Waals surface area contributed by atoms with Crippen molar-refractivity contribution in [3.05, 3.63) is 22.8 Å². The fourth-order valence-corrected chi connectivity index (χ4v) is 1.15. The predicted octanol–water partition coefficient (Wildman–Crippen LogP) is 3.22. The van der Waals surface area contributed by atoms with Crippen LogP contribution in [0.4, 0.5) is 0 Å². The van der Waals surface area contributed by atoms with E-state index in [4.69, 9.17) is 16.3 Å². The lowest BCUT2D eigenvalue weighted by Gasteiger charge is -2.20. The van der Waals surface area contributed by atoms with Gasteiger partial charge in [-0.3, -0.25) is 0 Å². The fourth-order valence-electron chi connectivity index (χ4n) is 0.886. The molecule has 2 nitrogen and oxygen atoms in total. The average Bonchev–Trinajstić information content (AvgIpc) is 1.93. The van der Waals surface area contributed by atoms with Gasteiger partial charge < -0.3 is 4.74 Å². The molecule has 0 N–H and O–H groups in total. The maximum Gasteiger partial charge on any atom is 0.233 e. The van der Waals surface area contributed by atoms with Gasteiger partial charge in [-0.2, -0.15) is 0 Å². The number of halogens is 1. The molecule has 0 saturated carbocycles. The third-order valence-corrected chi connectivity index (χ3v) is 1.62. The van der Waals surface area contributed by atoms with Gasteiger partial charge in [-0.1, -0.05) is 11.6 Å². The Morgan fingerprint density at radius 3 is 2.46 bits per heavy atom. The maximum absolute atomic E-state index is 5.95. The molecule has 0 aliphatic rings. The van der Waals surface area contributed by atoms with E-state index in [1.165, 1.54) is 0 Å². The minimum atomic E-state index is -0.258. The van der Waals surface area contributed by atoms with E-state index in [2.05, 4.69) is 4.98 Å². The Labute approximate surface area is 83.9 Å². The van der Waals surface area contributed by atoms with Gasteiger partial charge in [0.15, 0.2) is 0 Å². The minimum absolute atomic E-state index is 0.258. The molecule has 1 aromatic rings. The monoisotopic (exact) mass is 199 g/mol. The summed E-state index contributed by atoms with van der Waals surface area (Å²) in [7, 11) is 0. The van der Waals surface area contributed by atoms with Crippen LogP contribution in [0.15, 0.2) is 12.3 Å². The molecule has 0 aromatic carbocycles. The van der Waals surface area contributed by atoms with Gasteiger partial charge in [0.05, 0.1) is 0 Å². The summed E-state index contributed by atoms with van der Waals surface area (Å²) in [5.74, 6) is 0.500. The van der Waals surface area contributed by atoms with Gasteiger partial charge in [0.1, 0.15) is 10.6 Å². The highest BCUT2D eigenvalue weighted by molar-refractivity contribution is 6.31. The van der Waals surface area contributed by atoms with Crippen LogP contribution in [0.3, 0.4) is 0 Å². The Bertz CT molecular complexity index is 304. The molecule has 1 heterocycles. The van der Waals surface area contributed by atoms with Gasteiger partial charge in [-0.15, -0.1) is 0 Å². The van der Waals surface area contributed by atoms with Crippen molar-refractivity contribution >= 4 is 11.6 Å². The van der Waals surface area contributed by atoms with Crippen molar-refractivity contribution in [2.45, 2.75) is 33.3 Å². The number of hydrogen-bond donors (Lipinski definition) is 0. The summed E-state index contributed by atoms with van der Waals surface area (Å²) in [6, 6.07) is 1.84. The third-order valence-electron chi connectivity index (χ3n) is 1.35. The Morgan fingerprint density at radius 2 is 2.00 bits per heavy atom. The summed E-state index contributed by atoms with van der Waals surface area (Å²) in [5.41, 5.74) is 0.776. The van der Waals surface area contributed by atoms with Gasteiger partial charge in [0.25, 0.3) is 0 Å². The molecule has 1 rings (SSSR count). The van der Waals surface area contributed by atoms with Gasteiger partial charge in [-0.05, 0) is 39.3 Å². The lowest BCUT2D eigenvalue weighted by molar-refractivity contribution is 0.124. The van der Waals surface area contributed by atoms with E-state index >= 15 is 0 Å². The standard InChI is InChI=1S/C10H14ClNO/c1-7-5-8(11)9(12-6-7)13-10(2,3)4/h5-6H,1-4H3. The van der Waals surface area contributed by atoms with E-state index in [0.717, 1.165) is 5.56 Å². The van der Waals surface area contributed by atoms with Crippen LogP contribution < -0.4 is 4.74 Å². The molecule has 0 saturated heterocycles. The van der Waals surface area contributed by atoms with Crippen molar-refractivity contribution in [3.8, 4) is 5.88 Å². The highest BCUT2D eigenvalue weighted by Gasteiger charge is 2.14. The first-order valence-corrected chi connectivity index (χ1v) is 4.57. The van der Waals surface area contributed by atoms with Gasteiger partial charge in [-0.25, -0.2) is 4.98 Å². The van der Waals surface area contributed by atoms with Crippen LogP contribution in [0.5, 0.6) is 5.88 Å². The number of pyridine rings is 1. The second-order valence-electron chi connectivity index (χ2n) is 4.01. The van der Waals surface area contributed by atoms with Crippen molar-refractivity contribution in [2.24, 2.45) is 0 Å². The average molecular weight is 200 g/mol. The zero-order chi connectivity index (χ0) is 10.1. The van der Waals surface area contributed by atoms with Crippen molar-refractivity contribution < 1.29 is 4.74 Å². The lowest BCUT2D eigenvalue weighted by Crippen LogP contribution is -2.23. The second kappa shape index (κ2) is 3.54. The smallest absolute Gasteiger partial charge is 0.233 e. The second-order valence-corrected chi connectivity index (χ2v) is 4.42.